The normalized spacial score (nSPS) is 21.9. The van der Waals surface area contributed by atoms with Crippen molar-refractivity contribution < 1.29 is 9.50 Å². The number of hydrogen-bond acceptors (Lipinski definition) is 2. The summed E-state index contributed by atoms with van der Waals surface area (Å²) in [4.78, 5) is 2.24. The Kier molecular flexibility index (Phi) is 5.03. The molecule has 0 aromatic heterocycles. The van der Waals surface area contributed by atoms with Gasteiger partial charge in [-0.2, -0.15) is 0 Å². The lowest BCUT2D eigenvalue weighted by atomic mass is 9.89. The molecule has 0 amide bonds. The third-order valence-corrected chi connectivity index (χ3v) is 4.50. The van der Waals surface area contributed by atoms with Crippen molar-refractivity contribution in [2.75, 3.05) is 18.0 Å². The van der Waals surface area contributed by atoms with Crippen LogP contribution in [-0.4, -0.2) is 18.2 Å². The van der Waals surface area contributed by atoms with Gasteiger partial charge in [0.2, 0.25) is 0 Å². The first kappa shape index (κ1) is 15.3. The van der Waals surface area contributed by atoms with Gasteiger partial charge in [0.15, 0.2) is 0 Å². The molecule has 1 aromatic rings. The second-order valence-electron chi connectivity index (χ2n) is 6.27. The molecule has 2 unspecified atom stereocenters. The fourth-order valence-corrected chi connectivity index (χ4v) is 3.24. The van der Waals surface area contributed by atoms with Gasteiger partial charge in [-0.1, -0.05) is 19.9 Å². The summed E-state index contributed by atoms with van der Waals surface area (Å²) in [6.07, 6.45) is 2.76. The Labute approximate surface area is 121 Å². The van der Waals surface area contributed by atoms with Gasteiger partial charge in [0.1, 0.15) is 5.82 Å². The third-order valence-electron chi connectivity index (χ3n) is 4.50. The van der Waals surface area contributed by atoms with Crippen molar-refractivity contribution >= 4 is 5.69 Å². The van der Waals surface area contributed by atoms with E-state index < -0.39 is 6.10 Å². The van der Waals surface area contributed by atoms with Crippen molar-refractivity contribution in [3.63, 3.8) is 0 Å². The van der Waals surface area contributed by atoms with Crippen molar-refractivity contribution in [2.45, 2.75) is 46.1 Å². The molecule has 112 valence electrons. The summed E-state index contributed by atoms with van der Waals surface area (Å²) < 4.78 is 14.0. The van der Waals surface area contributed by atoms with Gasteiger partial charge < -0.3 is 10.0 Å². The van der Waals surface area contributed by atoms with Crippen LogP contribution >= 0.6 is 0 Å². The van der Waals surface area contributed by atoms with Crippen LogP contribution in [0.3, 0.4) is 0 Å². The molecule has 1 saturated heterocycles. The molecule has 2 rings (SSSR count). The molecule has 2 nitrogen and oxygen atoms in total. The van der Waals surface area contributed by atoms with Gasteiger partial charge in [-0.25, -0.2) is 4.39 Å². The van der Waals surface area contributed by atoms with Gasteiger partial charge >= 0.3 is 0 Å². The molecule has 0 bridgehead atoms. The number of rotatable bonds is 3. The molecular formula is C17H26FNO. The maximum absolute atomic E-state index is 14.0. The highest BCUT2D eigenvalue weighted by molar-refractivity contribution is 5.55. The van der Waals surface area contributed by atoms with Gasteiger partial charge in [0.25, 0.3) is 0 Å². The van der Waals surface area contributed by atoms with Crippen LogP contribution in [0.2, 0.25) is 0 Å². The van der Waals surface area contributed by atoms with E-state index in [1.54, 1.807) is 13.0 Å². The summed E-state index contributed by atoms with van der Waals surface area (Å²) in [5.41, 5.74) is 1.31. The molecule has 0 radical (unpaired) electrons. The molecule has 0 aliphatic carbocycles. The summed E-state index contributed by atoms with van der Waals surface area (Å²) in [5.74, 6) is 1.16. The average molecular weight is 279 g/mol. The topological polar surface area (TPSA) is 23.5 Å². The molecule has 1 heterocycles. The molecule has 0 saturated carbocycles. The summed E-state index contributed by atoms with van der Waals surface area (Å²) in [6, 6.07) is 5.10. The molecule has 0 spiro atoms. The lowest BCUT2D eigenvalue weighted by Gasteiger charge is -2.27. The van der Waals surface area contributed by atoms with Crippen molar-refractivity contribution in [1.29, 1.82) is 0 Å². The first-order valence-corrected chi connectivity index (χ1v) is 7.72. The highest BCUT2D eigenvalue weighted by Gasteiger charge is 2.23. The highest BCUT2D eigenvalue weighted by atomic mass is 19.1. The zero-order chi connectivity index (χ0) is 14.7. The molecule has 1 aliphatic heterocycles. The Morgan fingerprint density at radius 2 is 1.95 bits per heavy atom. The molecule has 1 fully saturated rings. The van der Waals surface area contributed by atoms with Gasteiger partial charge in [-0.3, -0.25) is 0 Å². The van der Waals surface area contributed by atoms with E-state index in [0.717, 1.165) is 37.5 Å². The molecule has 3 heteroatoms. The predicted octanol–water partition coefficient (Wildman–Crippen LogP) is 4.14. The number of halogens is 1. The molecule has 2 atom stereocenters. The Hall–Kier alpha value is -1.09. The molecule has 1 aromatic carbocycles. The second-order valence-corrected chi connectivity index (χ2v) is 6.27. The summed E-state index contributed by atoms with van der Waals surface area (Å²) in [7, 11) is 0. The first-order valence-electron chi connectivity index (χ1n) is 7.72. The maximum atomic E-state index is 14.0. The Bertz CT molecular complexity index is 445. The maximum Gasteiger partial charge on any atom is 0.131 e. The Balaban J connectivity index is 2.22. The number of hydrogen-bond donors (Lipinski definition) is 1. The van der Waals surface area contributed by atoms with Crippen molar-refractivity contribution in [2.24, 2.45) is 11.8 Å². The van der Waals surface area contributed by atoms with E-state index in [-0.39, 0.29) is 5.82 Å². The molecule has 1 N–H and O–H groups in total. The number of aliphatic hydroxyl groups is 1. The zero-order valence-corrected chi connectivity index (χ0v) is 12.8. The van der Waals surface area contributed by atoms with Crippen molar-refractivity contribution in [3.8, 4) is 0 Å². The van der Waals surface area contributed by atoms with Crippen LogP contribution in [0, 0.1) is 17.7 Å². The standard InChI is InChI=1S/C17H26FNO/c1-12(2)14-6-5-10-19(11-9-14)16-8-4-7-15(18)17(16)13(3)20/h4,7-8,12-14,20H,5-6,9-11H2,1-3H3. The summed E-state index contributed by atoms with van der Waals surface area (Å²) >= 11 is 0. The van der Waals surface area contributed by atoms with E-state index in [2.05, 4.69) is 18.7 Å². The van der Waals surface area contributed by atoms with Gasteiger partial charge in [0, 0.05) is 24.3 Å². The zero-order valence-electron chi connectivity index (χ0n) is 12.8. The van der Waals surface area contributed by atoms with Gasteiger partial charge in [-0.15, -0.1) is 0 Å². The van der Waals surface area contributed by atoms with Gasteiger partial charge in [0.05, 0.1) is 6.10 Å². The molecule has 20 heavy (non-hydrogen) atoms. The quantitative estimate of drug-likeness (QED) is 0.898. The first-order chi connectivity index (χ1) is 9.50. The van der Waals surface area contributed by atoms with E-state index in [0.29, 0.717) is 11.5 Å². The minimum Gasteiger partial charge on any atom is -0.389 e. The number of aliphatic hydroxyl groups excluding tert-OH is 1. The minimum atomic E-state index is -0.768. The van der Waals surface area contributed by atoms with Crippen LogP contribution < -0.4 is 4.90 Å². The Morgan fingerprint density at radius 1 is 1.20 bits per heavy atom. The van der Waals surface area contributed by atoms with Crippen LogP contribution in [-0.2, 0) is 0 Å². The highest BCUT2D eigenvalue weighted by Crippen LogP contribution is 2.32. The van der Waals surface area contributed by atoms with E-state index in [1.165, 1.54) is 12.5 Å². The largest absolute Gasteiger partial charge is 0.389 e. The SMILES string of the molecule is CC(O)c1c(F)cccc1N1CCCC(C(C)C)CC1. The van der Waals surface area contributed by atoms with Crippen LogP contribution in [0.25, 0.3) is 0 Å². The number of nitrogens with zero attached hydrogens (tertiary/aromatic N) is 1. The van der Waals surface area contributed by atoms with E-state index >= 15 is 0 Å². The lowest BCUT2D eigenvalue weighted by molar-refractivity contribution is 0.194. The van der Waals surface area contributed by atoms with Crippen LogP contribution in [0.15, 0.2) is 18.2 Å². The summed E-state index contributed by atoms with van der Waals surface area (Å²) in [5, 5.41) is 9.86. The lowest BCUT2D eigenvalue weighted by Crippen LogP contribution is -2.26. The number of benzene rings is 1. The smallest absolute Gasteiger partial charge is 0.131 e. The fraction of sp³-hybridized carbons (Fsp3) is 0.647. The summed E-state index contributed by atoms with van der Waals surface area (Å²) in [6.45, 7) is 8.10. The fourth-order valence-electron chi connectivity index (χ4n) is 3.24. The van der Waals surface area contributed by atoms with E-state index in [1.807, 2.05) is 6.07 Å². The van der Waals surface area contributed by atoms with Crippen molar-refractivity contribution in [1.82, 2.24) is 0 Å². The minimum absolute atomic E-state index is 0.304. The Morgan fingerprint density at radius 3 is 2.60 bits per heavy atom. The van der Waals surface area contributed by atoms with E-state index in [4.69, 9.17) is 0 Å². The average Bonchev–Trinajstić information content (AvgIpc) is 2.63. The van der Waals surface area contributed by atoms with Crippen LogP contribution in [0.5, 0.6) is 0 Å². The predicted molar refractivity (Wildman–Crippen MR) is 81.4 cm³/mol. The molecular weight excluding hydrogens is 253 g/mol. The van der Waals surface area contributed by atoms with E-state index in [9.17, 15) is 9.50 Å². The molecule has 1 aliphatic rings. The monoisotopic (exact) mass is 279 g/mol. The second kappa shape index (κ2) is 6.57. The van der Waals surface area contributed by atoms with Crippen LogP contribution in [0.1, 0.15) is 51.7 Å². The van der Waals surface area contributed by atoms with Crippen LogP contribution in [0.4, 0.5) is 10.1 Å². The van der Waals surface area contributed by atoms with Crippen molar-refractivity contribution in [3.05, 3.63) is 29.6 Å². The van der Waals surface area contributed by atoms with Gasteiger partial charge in [-0.05, 0) is 50.2 Å². The third kappa shape index (κ3) is 3.32. The number of anilines is 1.